The summed E-state index contributed by atoms with van der Waals surface area (Å²) in [5, 5.41) is 13.5. The van der Waals surface area contributed by atoms with Crippen LogP contribution in [0.4, 0.5) is 0 Å². The molecule has 0 fully saturated rings. The van der Waals surface area contributed by atoms with E-state index < -0.39 is 6.69 Å². The molecule has 3 aromatic rings. The minimum atomic E-state index is -1.73. The van der Waals surface area contributed by atoms with E-state index in [1.54, 1.807) is 12.4 Å². The zero-order chi connectivity index (χ0) is 14.8. The largest absolute Gasteiger partial charge is 0.826 e. The van der Waals surface area contributed by atoms with Gasteiger partial charge in [-0.1, -0.05) is 11.2 Å². The summed E-state index contributed by atoms with van der Waals surface area (Å²) in [6.07, 6.45) is 16.1. The van der Waals surface area contributed by atoms with E-state index in [-0.39, 0.29) is 0 Å². The Morgan fingerprint density at radius 2 is 1.55 bits per heavy atom. The number of rotatable bonds is 4. The highest BCUT2D eigenvalue weighted by atomic mass is 15.6. The van der Waals surface area contributed by atoms with Gasteiger partial charge in [-0.25, -0.2) is 10.2 Å². The average Bonchev–Trinajstić information content (AvgIpc) is 3.34. The number of hydrogen-bond donors (Lipinski definition) is 0. The SMILES string of the molecule is C1=N[N+]([B-](n2cccn2)(n2cccn2)[n+]2ccccc2)=CC1. The van der Waals surface area contributed by atoms with Gasteiger partial charge >= 0.3 is 6.69 Å². The number of hydrazone groups is 1. The molecule has 108 valence electrons. The third-order valence-corrected chi connectivity index (χ3v) is 3.87. The van der Waals surface area contributed by atoms with Crippen molar-refractivity contribution in [3.8, 4) is 0 Å². The molecule has 0 saturated carbocycles. The van der Waals surface area contributed by atoms with Gasteiger partial charge in [-0.05, 0) is 36.7 Å². The minimum absolute atomic E-state index is 0.791. The fourth-order valence-electron chi connectivity index (χ4n) is 2.96. The maximum Gasteiger partial charge on any atom is 0.826 e. The fourth-order valence-corrected chi connectivity index (χ4v) is 2.96. The van der Waals surface area contributed by atoms with Gasteiger partial charge in [0.05, 0.1) is 12.6 Å². The van der Waals surface area contributed by atoms with Gasteiger partial charge in [0.15, 0.2) is 0 Å². The van der Waals surface area contributed by atoms with Crippen molar-refractivity contribution in [2.24, 2.45) is 5.10 Å². The predicted molar refractivity (Wildman–Crippen MR) is 82.5 cm³/mol. The van der Waals surface area contributed by atoms with E-state index in [0.717, 1.165) is 6.42 Å². The normalized spacial score (nSPS) is 14.3. The van der Waals surface area contributed by atoms with Crippen molar-refractivity contribution < 1.29 is 9.07 Å². The van der Waals surface area contributed by atoms with Crippen LogP contribution in [0.2, 0.25) is 0 Å². The molecule has 0 unspecified atom stereocenters. The summed E-state index contributed by atoms with van der Waals surface area (Å²) in [6.45, 7) is -1.73. The third kappa shape index (κ3) is 1.73. The van der Waals surface area contributed by atoms with Gasteiger partial charge in [0, 0.05) is 12.4 Å². The van der Waals surface area contributed by atoms with Crippen molar-refractivity contribution in [3.05, 3.63) is 67.5 Å². The van der Waals surface area contributed by atoms with E-state index in [4.69, 9.17) is 0 Å². The van der Waals surface area contributed by atoms with Crippen LogP contribution in [0, 0.1) is 0 Å². The van der Waals surface area contributed by atoms with Gasteiger partial charge in [-0.15, -0.1) is 0 Å². The van der Waals surface area contributed by atoms with E-state index in [2.05, 4.69) is 19.8 Å². The van der Waals surface area contributed by atoms with Crippen molar-refractivity contribution in [1.29, 1.82) is 0 Å². The van der Waals surface area contributed by atoms with Crippen LogP contribution in [-0.4, -0.2) is 43.1 Å². The molecule has 7 nitrogen and oxygen atoms in total. The summed E-state index contributed by atoms with van der Waals surface area (Å²) in [5.74, 6) is 0. The van der Waals surface area contributed by atoms with Gasteiger partial charge in [0.1, 0.15) is 18.6 Å². The Morgan fingerprint density at radius 3 is 2.05 bits per heavy atom. The highest BCUT2D eigenvalue weighted by Gasteiger charge is 2.61. The molecule has 0 amide bonds. The number of pyridine rings is 1. The van der Waals surface area contributed by atoms with E-state index in [1.807, 2.05) is 81.3 Å². The average molecular weight is 292 g/mol. The highest BCUT2D eigenvalue weighted by Crippen LogP contribution is 2.10. The molecule has 1 aliphatic heterocycles. The van der Waals surface area contributed by atoms with Crippen molar-refractivity contribution in [2.45, 2.75) is 6.42 Å². The molecule has 0 atom stereocenters. The monoisotopic (exact) mass is 292 g/mol. The molecule has 0 saturated heterocycles. The first kappa shape index (κ1) is 12.7. The van der Waals surface area contributed by atoms with Crippen LogP contribution in [0.5, 0.6) is 0 Å². The number of hydrogen-bond acceptors (Lipinski definition) is 3. The van der Waals surface area contributed by atoms with Crippen molar-refractivity contribution >= 4 is 19.1 Å². The second-order valence-corrected chi connectivity index (χ2v) is 5.08. The zero-order valence-electron chi connectivity index (χ0n) is 11.9. The molecule has 4 rings (SSSR count). The Labute approximate surface area is 127 Å². The molecule has 4 heterocycles. The minimum Gasteiger partial charge on any atom is -0.309 e. The molecule has 8 heteroatoms. The van der Waals surface area contributed by atoms with E-state index in [0.29, 0.717) is 0 Å². The molecular formula is C14H15BN7+. The smallest absolute Gasteiger partial charge is 0.309 e. The van der Waals surface area contributed by atoms with Crippen LogP contribution in [0.25, 0.3) is 0 Å². The summed E-state index contributed by atoms with van der Waals surface area (Å²) >= 11 is 0. The van der Waals surface area contributed by atoms with Crippen LogP contribution < -0.4 is 4.48 Å². The standard InChI is InChI=1S/C14H15BN7/c1-2-10-19(11-3-1)15(20-12-4-7-16-20,21-13-5-8-17-21)22-14-6-9-18-22/h1-5,7-14H,6H2/q+1. The van der Waals surface area contributed by atoms with Crippen LogP contribution in [0.1, 0.15) is 6.42 Å². The Balaban J connectivity index is 2.07. The maximum atomic E-state index is 4.53. The van der Waals surface area contributed by atoms with Crippen LogP contribution >= 0.6 is 0 Å². The van der Waals surface area contributed by atoms with E-state index >= 15 is 0 Å². The molecule has 3 aromatic heterocycles. The summed E-state index contributed by atoms with van der Waals surface area (Å²) in [5.41, 5.74) is 0. The molecule has 0 aliphatic carbocycles. The topological polar surface area (TPSA) is 54.9 Å². The van der Waals surface area contributed by atoms with Gasteiger partial charge in [0.25, 0.3) is 0 Å². The summed E-state index contributed by atoms with van der Waals surface area (Å²) in [6, 6.07) is 9.78. The van der Waals surface area contributed by atoms with Crippen LogP contribution in [0.15, 0.2) is 72.6 Å². The fraction of sp³-hybridized carbons (Fsp3) is 0.0714. The first-order valence-corrected chi connectivity index (χ1v) is 7.18. The van der Waals surface area contributed by atoms with Gasteiger partial charge in [-0.2, -0.15) is 4.60 Å². The lowest BCUT2D eigenvalue weighted by Crippen LogP contribution is -2.79. The molecule has 0 spiro atoms. The van der Waals surface area contributed by atoms with Crippen molar-refractivity contribution in [1.82, 2.24) is 19.4 Å². The Kier molecular flexibility index (Phi) is 2.92. The quantitative estimate of drug-likeness (QED) is 0.646. The molecule has 22 heavy (non-hydrogen) atoms. The predicted octanol–water partition coefficient (Wildman–Crippen LogP) is 0.220. The molecule has 0 aromatic carbocycles. The van der Waals surface area contributed by atoms with Gasteiger partial charge in [0.2, 0.25) is 0 Å². The first-order valence-electron chi connectivity index (χ1n) is 7.18. The first-order chi connectivity index (χ1) is 10.9. The molecule has 0 bridgehead atoms. The van der Waals surface area contributed by atoms with Gasteiger partial charge < -0.3 is 4.48 Å². The van der Waals surface area contributed by atoms with Crippen LogP contribution in [-0.2, 0) is 0 Å². The van der Waals surface area contributed by atoms with Gasteiger partial charge in [-0.3, -0.25) is 9.19 Å². The number of aromatic nitrogens is 5. The zero-order valence-corrected chi connectivity index (χ0v) is 11.9. The summed E-state index contributed by atoms with van der Waals surface area (Å²) < 4.78 is 7.80. The second-order valence-electron chi connectivity index (χ2n) is 5.08. The lowest BCUT2D eigenvalue weighted by molar-refractivity contribution is -0.639. The third-order valence-electron chi connectivity index (χ3n) is 3.87. The molecule has 1 aliphatic rings. The van der Waals surface area contributed by atoms with Crippen molar-refractivity contribution in [2.75, 3.05) is 0 Å². The molecule has 0 N–H and O–H groups in total. The lowest BCUT2D eigenvalue weighted by Gasteiger charge is -2.26. The maximum absolute atomic E-state index is 4.53. The summed E-state index contributed by atoms with van der Waals surface area (Å²) in [7, 11) is 0. The molecular weight excluding hydrogens is 277 g/mol. The summed E-state index contributed by atoms with van der Waals surface area (Å²) in [4.78, 5) is 0. The number of nitrogens with zero attached hydrogens (tertiary/aromatic N) is 7. The Bertz CT molecular complexity index is 772. The van der Waals surface area contributed by atoms with Crippen LogP contribution in [0.3, 0.4) is 0 Å². The van der Waals surface area contributed by atoms with Crippen molar-refractivity contribution in [3.63, 3.8) is 0 Å². The second kappa shape index (κ2) is 5.07. The lowest BCUT2D eigenvalue weighted by atomic mass is 9.74. The van der Waals surface area contributed by atoms with E-state index in [9.17, 15) is 0 Å². The Hall–Kier alpha value is -3.03. The Morgan fingerprint density at radius 1 is 0.864 bits per heavy atom. The van der Waals surface area contributed by atoms with E-state index in [1.165, 1.54) is 0 Å². The molecule has 0 radical (unpaired) electrons. The highest BCUT2D eigenvalue weighted by molar-refractivity contribution is 6.60.